The number of ether oxygens (including phenoxy) is 2. The SMILES string of the molecule is O=C(NC1CC1)[C@@H]1C[C@H]2CCN(CCOCc3ccccc3)C[C@@H]2O1. The normalized spacial score (nSPS) is 29.4. The first-order chi connectivity index (χ1) is 12.3. The summed E-state index contributed by atoms with van der Waals surface area (Å²) in [6, 6.07) is 10.7. The van der Waals surface area contributed by atoms with Gasteiger partial charge in [0.25, 0.3) is 0 Å². The Bertz CT molecular complexity index is 576. The van der Waals surface area contributed by atoms with Gasteiger partial charge in [0.15, 0.2) is 0 Å². The second-order valence-corrected chi connectivity index (χ2v) is 7.57. The van der Waals surface area contributed by atoms with Crippen molar-refractivity contribution in [1.29, 1.82) is 0 Å². The molecule has 0 unspecified atom stereocenters. The van der Waals surface area contributed by atoms with Crippen molar-refractivity contribution in [1.82, 2.24) is 10.2 Å². The maximum atomic E-state index is 12.2. The molecule has 0 aromatic heterocycles. The molecule has 2 saturated heterocycles. The summed E-state index contributed by atoms with van der Waals surface area (Å²) >= 11 is 0. The van der Waals surface area contributed by atoms with Crippen molar-refractivity contribution in [2.24, 2.45) is 5.92 Å². The number of rotatable bonds is 7. The summed E-state index contributed by atoms with van der Waals surface area (Å²) in [6.45, 7) is 4.33. The molecule has 5 heteroatoms. The molecule has 3 atom stereocenters. The molecule has 3 fully saturated rings. The van der Waals surface area contributed by atoms with Crippen LogP contribution in [0, 0.1) is 5.92 Å². The van der Waals surface area contributed by atoms with Crippen LogP contribution in [0.2, 0.25) is 0 Å². The number of nitrogens with zero attached hydrogens (tertiary/aromatic N) is 1. The number of carbonyl (C=O) groups excluding carboxylic acids is 1. The lowest BCUT2D eigenvalue weighted by atomic mass is 9.91. The molecule has 1 N–H and O–H groups in total. The van der Waals surface area contributed by atoms with E-state index >= 15 is 0 Å². The third-order valence-corrected chi connectivity index (χ3v) is 5.52. The quantitative estimate of drug-likeness (QED) is 0.769. The van der Waals surface area contributed by atoms with Gasteiger partial charge in [-0.2, -0.15) is 0 Å². The summed E-state index contributed by atoms with van der Waals surface area (Å²) < 4.78 is 11.9. The first-order valence-corrected chi connectivity index (χ1v) is 9.58. The highest BCUT2D eigenvalue weighted by molar-refractivity contribution is 5.81. The van der Waals surface area contributed by atoms with Gasteiger partial charge in [0.2, 0.25) is 5.91 Å². The number of benzene rings is 1. The van der Waals surface area contributed by atoms with Crippen LogP contribution in [0.15, 0.2) is 30.3 Å². The Morgan fingerprint density at radius 1 is 1.24 bits per heavy atom. The van der Waals surface area contributed by atoms with Crippen molar-refractivity contribution in [2.45, 2.75) is 50.5 Å². The van der Waals surface area contributed by atoms with Crippen molar-refractivity contribution in [2.75, 3.05) is 26.2 Å². The lowest BCUT2D eigenvalue weighted by molar-refractivity contribution is -0.133. The Kier molecular flexibility index (Phi) is 5.34. The van der Waals surface area contributed by atoms with Crippen LogP contribution in [0.1, 0.15) is 31.2 Å². The monoisotopic (exact) mass is 344 g/mol. The molecular weight excluding hydrogens is 316 g/mol. The Morgan fingerprint density at radius 3 is 2.88 bits per heavy atom. The highest BCUT2D eigenvalue weighted by atomic mass is 16.5. The summed E-state index contributed by atoms with van der Waals surface area (Å²) in [5, 5.41) is 3.08. The van der Waals surface area contributed by atoms with Crippen LogP contribution < -0.4 is 5.32 Å². The molecule has 0 radical (unpaired) electrons. The largest absolute Gasteiger partial charge is 0.375 e. The molecule has 1 aromatic rings. The molecule has 2 heterocycles. The number of likely N-dealkylation sites (tertiary alicyclic amines) is 1. The summed E-state index contributed by atoms with van der Waals surface area (Å²) in [5.74, 6) is 0.645. The van der Waals surface area contributed by atoms with Crippen LogP contribution in [0.3, 0.4) is 0 Å². The Hall–Kier alpha value is -1.43. The van der Waals surface area contributed by atoms with E-state index in [1.54, 1.807) is 0 Å². The highest BCUT2D eigenvalue weighted by Gasteiger charge is 2.42. The molecule has 0 bridgehead atoms. The van der Waals surface area contributed by atoms with E-state index < -0.39 is 0 Å². The third kappa shape index (κ3) is 4.60. The number of fused-ring (bicyclic) bond motifs is 1. The number of carbonyl (C=O) groups is 1. The molecule has 25 heavy (non-hydrogen) atoms. The molecule has 1 aromatic carbocycles. The van der Waals surface area contributed by atoms with E-state index in [1.165, 1.54) is 5.56 Å². The van der Waals surface area contributed by atoms with Gasteiger partial charge in [0, 0.05) is 19.1 Å². The summed E-state index contributed by atoms with van der Waals surface area (Å²) in [5.41, 5.74) is 1.21. The topological polar surface area (TPSA) is 50.8 Å². The summed E-state index contributed by atoms with van der Waals surface area (Å²) in [7, 11) is 0. The molecule has 1 aliphatic carbocycles. The molecular formula is C20H28N2O3. The van der Waals surface area contributed by atoms with Gasteiger partial charge in [-0.05, 0) is 43.7 Å². The van der Waals surface area contributed by atoms with Gasteiger partial charge in [-0.15, -0.1) is 0 Å². The minimum Gasteiger partial charge on any atom is -0.375 e. The molecule has 1 amide bonds. The lowest BCUT2D eigenvalue weighted by Crippen LogP contribution is -2.43. The van der Waals surface area contributed by atoms with Gasteiger partial charge in [-0.25, -0.2) is 0 Å². The van der Waals surface area contributed by atoms with E-state index in [9.17, 15) is 4.79 Å². The Labute approximate surface area is 149 Å². The molecule has 5 nitrogen and oxygen atoms in total. The molecule has 1 saturated carbocycles. The summed E-state index contributed by atoms with van der Waals surface area (Å²) in [6.07, 6.45) is 4.24. The maximum Gasteiger partial charge on any atom is 0.249 e. The second kappa shape index (κ2) is 7.85. The number of piperidine rings is 1. The predicted molar refractivity (Wildman–Crippen MR) is 95.1 cm³/mol. The van der Waals surface area contributed by atoms with Crippen molar-refractivity contribution in [3.63, 3.8) is 0 Å². The first kappa shape index (κ1) is 17.0. The fraction of sp³-hybridized carbons (Fsp3) is 0.650. The zero-order valence-corrected chi connectivity index (χ0v) is 14.7. The van der Waals surface area contributed by atoms with Gasteiger partial charge < -0.3 is 14.8 Å². The van der Waals surface area contributed by atoms with Crippen LogP contribution in [0.4, 0.5) is 0 Å². The standard InChI is InChI=1S/C20H28N2O3/c23-20(21-17-6-7-17)18-12-16-8-9-22(13-19(16)25-18)10-11-24-14-15-4-2-1-3-5-15/h1-5,16-19H,6-14H2,(H,21,23)/t16-,18+,19+/m1/s1. The fourth-order valence-electron chi connectivity index (χ4n) is 3.85. The van der Waals surface area contributed by atoms with E-state index in [0.717, 1.165) is 51.9 Å². The third-order valence-electron chi connectivity index (χ3n) is 5.52. The average Bonchev–Trinajstić information content (AvgIpc) is 3.34. The van der Waals surface area contributed by atoms with Crippen LogP contribution in [0.25, 0.3) is 0 Å². The summed E-state index contributed by atoms with van der Waals surface area (Å²) in [4.78, 5) is 14.6. The fourth-order valence-corrected chi connectivity index (χ4v) is 3.85. The average molecular weight is 344 g/mol. The van der Waals surface area contributed by atoms with E-state index in [0.29, 0.717) is 18.6 Å². The van der Waals surface area contributed by atoms with Crippen molar-refractivity contribution in [3.05, 3.63) is 35.9 Å². The lowest BCUT2D eigenvalue weighted by Gasteiger charge is -2.33. The van der Waals surface area contributed by atoms with Gasteiger partial charge in [-0.1, -0.05) is 30.3 Å². The minimum absolute atomic E-state index is 0.106. The van der Waals surface area contributed by atoms with Crippen LogP contribution in [-0.4, -0.2) is 55.3 Å². The van der Waals surface area contributed by atoms with Gasteiger partial charge >= 0.3 is 0 Å². The minimum atomic E-state index is -0.232. The Balaban J connectivity index is 1.17. The number of hydrogen-bond donors (Lipinski definition) is 1. The van der Waals surface area contributed by atoms with E-state index in [2.05, 4.69) is 22.3 Å². The number of nitrogens with one attached hydrogen (secondary N) is 1. The number of amides is 1. The van der Waals surface area contributed by atoms with Gasteiger partial charge in [0.05, 0.1) is 19.3 Å². The molecule has 4 rings (SSSR count). The zero-order chi connectivity index (χ0) is 17.1. The smallest absolute Gasteiger partial charge is 0.249 e. The first-order valence-electron chi connectivity index (χ1n) is 9.58. The Morgan fingerprint density at radius 2 is 2.08 bits per heavy atom. The van der Waals surface area contributed by atoms with E-state index in [1.807, 2.05) is 18.2 Å². The van der Waals surface area contributed by atoms with Gasteiger partial charge in [-0.3, -0.25) is 9.69 Å². The second-order valence-electron chi connectivity index (χ2n) is 7.57. The highest BCUT2D eigenvalue weighted by Crippen LogP contribution is 2.33. The zero-order valence-electron chi connectivity index (χ0n) is 14.7. The van der Waals surface area contributed by atoms with Gasteiger partial charge in [0.1, 0.15) is 6.10 Å². The molecule has 136 valence electrons. The maximum absolute atomic E-state index is 12.2. The van der Waals surface area contributed by atoms with E-state index in [4.69, 9.17) is 9.47 Å². The molecule has 3 aliphatic rings. The van der Waals surface area contributed by atoms with Crippen molar-refractivity contribution in [3.8, 4) is 0 Å². The van der Waals surface area contributed by atoms with Crippen LogP contribution in [0.5, 0.6) is 0 Å². The molecule has 0 spiro atoms. The molecule has 2 aliphatic heterocycles. The predicted octanol–water partition coefficient (Wildman–Crippen LogP) is 1.96. The number of hydrogen-bond acceptors (Lipinski definition) is 4. The van der Waals surface area contributed by atoms with E-state index in [-0.39, 0.29) is 18.1 Å². The van der Waals surface area contributed by atoms with Crippen molar-refractivity contribution < 1.29 is 14.3 Å². The van der Waals surface area contributed by atoms with Crippen LogP contribution >= 0.6 is 0 Å². The van der Waals surface area contributed by atoms with Crippen molar-refractivity contribution >= 4 is 5.91 Å². The van der Waals surface area contributed by atoms with Crippen LogP contribution in [-0.2, 0) is 20.9 Å².